The number of hydrogen-bond donors (Lipinski definition) is 2. The van der Waals surface area contributed by atoms with E-state index < -0.39 is 5.91 Å². The summed E-state index contributed by atoms with van der Waals surface area (Å²) in [6.07, 6.45) is 1.85. The Labute approximate surface area is 173 Å². The minimum atomic E-state index is -0.480. The van der Waals surface area contributed by atoms with Crippen molar-refractivity contribution >= 4 is 28.6 Å². The molecule has 1 aliphatic rings. The average Bonchev–Trinajstić information content (AvgIpc) is 3.03. The maximum Gasteiger partial charge on any atom is 0.269 e. The fourth-order valence-electron chi connectivity index (χ4n) is 3.85. The van der Waals surface area contributed by atoms with Crippen LogP contribution < -0.4 is 10.6 Å². The molecule has 0 radical (unpaired) electrons. The van der Waals surface area contributed by atoms with Gasteiger partial charge >= 0.3 is 0 Å². The highest BCUT2D eigenvalue weighted by Gasteiger charge is 2.19. The van der Waals surface area contributed by atoms with Crippen LogP contribution >= 0.6 is 0 Å². The summed E-state index contributed by atoms with van der Waals surface area (Å²) in [6.45, 7) is 4.48. The molecule has 0 bridgehead atoms. The number of nitrogens with one attached hydrogen (secondary N) is 1. The second kappa shape index (κ2) is 8.50. The third kappa shape index (κ3) is 4.25. The van der Waals surface area contributed by atoms with Crippen molar-refractivity contribution in [2.45, 2.75) is 12.8 Å². The van der Waals surface area contributed by atoms with Gasteiger partial charge < -0.3 is 20.5 Å². The lowest BCUT2D eigenvalue weighted by molar-refractivity contribution is -0.384. The highest BCUT2D eigenvalue weighted by molar-refractivity contribution is 6.04. The van der Waals surface area contributed by atoms with Crippen LogP contribution in [0, 0.1) is 10.1 Å². The number of nitro groups is 1. The van der Waals surface area contributed by atoms with Crippen LogP contribution in [0.2, 0.25) is 0 Å². The first kappa shape index (κ1) is 19.8. The zero-order chi connectivity index (χ0) is 21.1. The van der Waals surface area contributed by atoms with Crippen molar-refractivity contribution < 1.29 is 9.72 Å². The number of para-hydroxylation sites is 1. The number of benzene rings is 2. The van der Waals surface area contributed by atoms with Gasteiger partial charge in [-0.15, -0.1) is 0 Å². The fraction of sp³-hybridized carbons (Fsp3) is 0.333. The molecule has 0 aliphatic carbocycles. The predicted molar refractivity (Wildman–Crippen MR) is 115 cm³/mol. The van der Waals surface area contributed by atoms with Crippen molar-refractivity contribution in [1.82, 2.24) is 14.9 Å². The number of carbonyl (C=O) groups is 1. The molecule has 156 valence electrons. The molecular formula is C21H24N6O3. The van der Waals surface area contributed by atoms with Gasteiger partial charge in [-0.1, -0.05) is 18.2 Å². The first-order valence-corrected chi connectivity index (χ1v) is 10.0. The average molecular weight is 408 g/mol. The highest BCUT2D eigenvalue weighted by Crippen LogP contribution is 2.22. The summed E-state index contributed by atoms with van der Waals surface area (Å²) in [5.41, 5.74) is 8.53. The number of nitro benzene ring substituents is 1. The van der Waals surface area contributed by atoms with Crippen molar-refractivity contribution in [2.24, 2.45) is 5.73 Å². The van der Waals surface area contributed by atoms with Crippen LogP contribution in [0.25, 0.3) is 11.0 Å². The number of nitrogens with two attached hydrogens (primary N) is 1. The first-order chi connectivity index (χ1) is 14.5. The number of carbonyl (C=O) groups excluding carboxylic acids is 1. The maximum absolute atomic E-state index is 11.7. The third-order valence-electron chi connectivity index (χ3n) is 5.52. The van der Waals surface area contributed by atoms with Crippen LogP contribution in [0.4, 0.5) is 11.6 Å². The molecule has 3 N–H and O–H groups in total. The molecule has 3 aromatic rings. The molecular weight excluding hydrogens is 384 g/mol. The van der Waals surface area contributed by atoms with E-state index in [1.54, 1.807) is 24.3 Å². The molecule has 1 fully saturated rings. The molecule has 0 unspecified atom stereocenters. The Hall–Kier alpha value is -3.46. The number of primary amides is 1. The molecule has 1 aromatic heterocycles. The largest absolute Gasteiger partial charge is 0.366 e. The molecule has 9 heteroatoms. The molecule has 0 spiro atoms. The van der Waals surface area contributed by atoms with Crippen LogP contribution in [0.1, 0.15) is 22.3 Å². The second-order valence-electron chi connectivity index (χ2n) is 7.48. The monoisotopic (exact) mass is 408 g/mol. The Balaban J connectivity index is 1.38. The molecule has 9 nitrogen and oxygen atoms in total. The third-order valence-corrected chi connectivity index (χ3v) is 5.52. The van der Waals surface area contributed by atoms with E-state index in [1.807, 2.05) is 18.2 Å². The lowest BCUT2D eigenvalue weighted by Crippen LogP contribution is -2.32. The van der Waals surface area contributed by atoms with Gasteiger partial charge in [0.2, 0.25) is 5.95 Å². The number of amides is 1. The van der Waals surface area contributed by atoms with Gasteiger partial charge in [0.15, 0.2) is 0 Å². The van der Waals surface area contributed by atoms with E-state index in [2.05, 4.69) is 19.8 Å². The summed E-state index contributed by atoms with van der Waals surface area (Å²) < 4.78 is 0. The molecule has 2 aromatic carbocycles. The van der Waals surface area contributed by atoms with Crippen molar-refractivity contribution in [3.63, 3.8) is 0 Å². The molecule has 0 saturated carbocycles. The van der Waals surface area contributed by atoms with Crippen LogP contribution in [0.5, 0.6) is 0 Å². The van der Waals surface area contributed by atoms with Gasteiger partial charge in [0.25, 0.3) is 11.6 Å². The van der Waals surface area contributed by atoms with E-state index >= 15 is 0 Å². The summed E-state index contributed by atoms with van der Waals surface area (Å²) in [7, 11) is 0. The van der Waals surface area contributed by atoms with Gasteiger partial charge in [0.1, 0.15) is 5.52 Å². The minimum absolute atomic E-state index is 0.120. The number of nitrogens with zero attached hydrogens (tertiary/aromatic N) is 4. The zero-order valence-electron chi connectivity index (χ0n) is 16.6. The molecule has 0 atom stereocenters. The first-order valence-electron chi connectivity index (χ1n) is 10.0. The smallest absolute Gasteiger partial charge is 0.269 e. The normalized spacial score (nSPS) is 15.3. The number of fused-ring (bicyclic) bond motifs is 1. The zero-order valence-corrected chi connectivity index (χ0v) is 16.6. The Morgan fingerprint density at radius 2 is 1.93 bits per heavy atom. The van der Waals surface area contributed by atoms with Crippen LogP contribution in [-0.4, -0.2) is 58.4 Å². The molecule has 2 heterocycles. The summed E-state index contributed by atoms with van der Waals surface area (Å²) >= 11 is 0. The number of rotatable bonds is 6. The SMILES string of the molecule is NC(=O)c1cccc2[nH]c(N3CCCN(CCc4ccc([N+](=O)[O-])cc4)CC3)nc12. The fourth-order valence-corrected chi connectivity index (χ4v) is 3.85. The van der Waals surface area contributed by atoms with Crippen LogP contribution in [0.15, 0.2) is 42.5 Å². The van der Waals surface area contributed by atoms with Crippen molar-refractivity contribution in [1.29, 1.82) is 0 Å². The number of H-pyrrole nitrogens is 1. The lowest BCUT2D eigenvalue weighted by atomic mass is 10.1. The van der Waals surface area contributed by atoms with Gasteiger partial charge in [-0.25, -0.2) is 4.98 Å². The summed E-state index contributed by atoms with van der Waals surface area (Å²) in [6, 6.07) is 12.2. The van der Waals surface area contributed by atoms with E-state index in [9.17, 15) is 14.9 Å². The number of anilines is 1. The van der Waals surface area contributed by atoms with E-state index in [4.69, 9.17) is 5.73 Å². The number of aromatic amines is 1. The molecule has 4 rings (SSSR count). The van der Waals surface area contributed by atoms with E-state index in [1.165, 1.54) is 0 Å². The van der Waals surface area contributed by atoms with Gasteiger partial charge in [0.05, 0.1) is 16.0 Å². The quantitative estimate of drug-likeness (QED) is 0.477. The summed E-state index contributed by atoms with van der Waals surface area (Å²) in [5.74, 6) is 0.280. The van der Waals surface area contributed by atoms with Gasteiger partial charge in [-0.2, -0.15) is 0 Å². The van der Waals surface area contributed by atoms with Crippen LogP contribution in [0.3, 0.4) is 0 Å². The van der Waals surface area contributed by atoms with Crippen molar-refractivity contribution in [2.75, 3.05) is 37.6 Å². The lowest BCUT2D eigenvalue weighted by Gasteiger charge is -2.21. The maximum atomic E-state index is 11.7. The highest BCUT2D eigenvalue weighted by atomic mass is 16.6. The summed E-state index contributed by atoms with van der Waals surface area (Å²) in [4.78, 5) is 34.6. The number of non-ortho nitro benzene ring substituents is 1. The van der Waals surface area contributed by atoms with Gasteiger partial charge in [-0.3, -0.25) is 14.9 Å². The number of aromatic nitrogens is 2. The van der Waals surface area contributed by atoms with E-state index in [0.29, 0.717) is 11.1 Å². The predicted octanol–water partition coefficient (Wildman–Crippen LogP) is 2.32. The minimum Gasteiger partial charge on any atom is -0.366 e. The Morgan fingerprint density at radius 1 is 1.13 bits per heavy atom. The van der Waals surface area contributed by atoms with Crippen molar-refractivity contribution in [3.8, 4) is 0 Å². The Bertz CT molecular complexity index is 1060. The van der Waals surface area contributed by atoms with E-state index in [0.717, 1.165) is 62.6 Å². The second-order valence-corrected chi connectivity index (χ2v) is 7.48. The number of hydrogen-bond acceptors (Lipinski definition) is 6. The molecule has 1 saturated heterocycles. The Kier molecular flexibility index (Phi) is 5.62. The van der Waals surface area contributed by atoms with Gasteiger partial charge in [0, 0.05) is 38.3 Å². The summed E-state index contributed by atoms with van der Waals surface area (Å²) in [5, 5.41) is 10.8. The van der Waals surface area contributed by atoms with Crippen LogP contribution in [-0.2, 0) is 6.42 Å². The standard InChI is InChI=1S/C21H24N6O3/c22-20(28)17-3-1-4-18-19(17)24-21(23-18)26-11-2-10-25(13-14-26)12-9-15-5-7-16(8-6-15)27(29)30/h1,3-8H,2,9-14H2,(H2,22,28)(H,23,24). The van der Waals surface area contributed by atoms with Gasteiger partial charge in [-0.05, 0) is 37.1 Å². The number of imidazole rings is 1. The van der Waals surface area contributed by atoms with Crippen molar-refractivity contribution in [3.05, 3.63) is 63.7 Å². The molecule has 1 aliphatic heterocycles. The molecule has 1 amide bonds. The Morgan fingerprint density at radius 3 is 2.67 bits per heavy atom. The van der Waals surface area contributed by atoms with E-state index in [-0.39, 0.29) is 10.6 Å². The topological polar surface area (TPSA) is 121 Å². The molecule has 30 heavy (non-hydrogen) atoms.